The van der Waals surface area contributed by atoms with Gasteiger partial charge in [-0.3, -0.25) is 9.59 Å². The molecule has 1 rings (SSSR count). The Kier molecular flexibility index (Phi) is 10.3. The second-order valence-corrected chi connectivity index (χ2v) is 6.87. The summed E-state index contributed by atoms with van der Waals surface area (Å²) < 4.78 is 0. The van der Waals surface area contributed by atoms with Gasteiger partial charge in [0.15, 0.2) is 0 Å². The molecule has 5 heteroatoms. The fourth-order valence-corrected chi connectivity index (χ4v) is 3.27. The number of ketones is 1. The number of carboxylic acids is 1. The van der Waals surface area contributed by atoms with Crippen molar-refractivity contribution in [3.63, 3.8) is 0 Å². The Balaban J connectivity index is 2.45. The summed E-state index contributed by atoms with van der Waals surface area (Å²) in [5.41, 5.74) is 0. The zero-order valence-electron chi connectivity index (χ0n) is 15.1. The minimum atomic E-state index is -0.868. The number of carbonyl (C=O) groups is 2. The molecular weight excluding hydrogens is 320 g/mol. The number of aliphatic carboxylic acids is 1. The number of aliphatic hydroxyl groups excluding tert-OH is 2. The van der Waals surface area contributed by atoms with Gasteiger partial charge < -0.3 is 15.3 Å². The lowest BCUT2D eigenvalue weighted by molar-refractivity contribution is -0.137. The van der Waals surface area contributed by atoms with Crippen LogP contribution in [0.4, 0.5) is 0 Å². The van der Waals surface area contributed by atoms with Crippen molar-refractivity contribution >= 4 is 11.8 Å². The Morgan fingerprint density at radius 1 is 1.28 bits per heavy atom. The van der Waals surface area contributed by atoms with Gasteiger partial charge in [-0.15, -0.1) is 0 Å². The van der Waals surface area contributed by atoms with E-state index < -0.39 is 24.1 Å². The quantitative estimate of drug-likeness (QED) is 0.370. The number of hydrogen-bond donors (Lipinski definition) is 3. The minimum absolute atomic E-state index is 0.0358. The molecule has 0 heterocycles. The zero-order chi connectivity index (χ0) is 18.7. The van der Waals surface area contributed by atoms with Gasteiger partial charge in [0, 0.05) is 18.8 Å². The van der Waals surface area contributed by atoms with Gasteiger partial charge in [-0.1, -0.05) is 44.1 Å². The van der Waals surface area contributed by atoms with Crippen molar-refractivity contribution < 1.29 is 24.9 Å². The molecule has 4 atom stereocenters. The molecule has 0 aromatic rings. The van der Waals surface area contributed by atoms with Crippen molar-refractivity contribution in [3.05, 3.63) is 24.3 Å². The Morgan fingerprint density at radius 3 is 2.72 bits per heavy atom. The molecule has 5 nitrogen and oxygen atoms in total. The van der Waals surface area contributed by atoms with Crippen LogP contribution in [0.25, 0.3) is 0 Å². The summed E-state index contributed by atoms with van der Waals surface area (Å²) in [6.07, 6.45) is 12.2. The largest absolute Gasteiger partial charge is 0.481 e. The van der Waals surface area contributed by atoms with Gasteiger partial charge in [-0.25, -0.2) is 0 Å². The van der Waals surface area contributed by atoms with E-state index in [0.29, 0.717) is 19.3 Å². The lowest BCUT2D eigenvalue weighted by Crippen LogP contribution is -2.20. The average molecular weight is 352 g/mol. The number of aliphatic hydroxyl groups is 2. The number of Topliss-reactive ketones (excluding diaryl/α,β-unsaturated/α-hetero) is 1. The predicted molar refractivity (Wildman–Crippen MR) is 97.1 cm³/mol. The molecule has 1 aliphatic rings. The van der Waals surface area contributed by atoms with Crippen molar-refractivity contribution in [1.82, 2.24) is 0 Å². The molecule has 0 aliphatic heterocycles. The first-order valence-corrected chi connectivity index (χ1v) is 9.39. The number of hydrogen-bond acceptors (Lipinski definition) is 4. The van der Waals surface area contributed by atoms with Crippen LogP contribution in [0.5, 0.6) is 0 Å². The van der Waals surface area contributed by atoms with Crippen LogP contribution in [-0.4, -0.2) is 39.3 Å². The molecule has 0 radical (unpaired) electrons. The third-order valence-corrected chi connectivity index (χ3v) is 4.72. The first kappa shape index (κ1) is 21.6. The molecule has 1 fully saturated rings. The summed E-state index contributed by atoms with van der Waals surface area (Å²) in [6.45, 7) is 2.16. The van der Waals surface area contributed by atoms with Crippen LogP contribution in [0.1, 0.15) is 64.7 Å². The number of rotatable bonds is 12. The zero-order valence-corrected chi connectivity index (χ0v) is 15.1. The van der Waals surface area contributed by atoms with Crippen molar-refractivity contribution in [2.75, 3.05) is 0 Å². The van der Waals surface area contributed by atoms with E-state index in [9.17, 15) is 19.8 Å². The lowest BCUT2D eigenvalue weighted by Gasteiger charge is -2.18. The molecule has 0 bridgehead atoms. The van der Waals surface area contributed by atoms with E-state index >= 15 is 0 Å². The van der Waals surface area contributed by atoms with E-state index in [0.717, 1.165) is 12.8 Å². The van der Waals surface area contributed by atoms with Crippen molar-refractivity contribution in [2.45, 2.75) is 76.9 Å². The van der Waals surface area contributed by atoms with Crippen LogP contribution in [0.15, 0.2) is 24.3 Å². The number of unbranched alkanes of at least 4 members (excludes halogenated alkanes) is 3. The highest BCUT2D eigenvalue weighted by molar-refractivity contribution is 5.86. The fourth-order valence-electron chi connectivity index (χ4n) is 3.27. The third-order valence-electron chi connectivity index (χ3n) is 4.72. The van der Waals surface area contributed by atoms with Gasteiger partial charge in [0.1, 0.15) is 5.78 Å². The minimum Gasteiger partial charge on any atom is -0.481 e. The summed E-state index contributed by atoms with van der Waals surface area (Å²) in [4.78, 5) is 22.7. The average Bonchev–Trinajstić information content (AvgIpc) is 2.82. The second-order valence-electron chi connectivity index (χ2n) is 6.87. The van der Waals surface area contributed by atoms with E-state index in [4.69, 9.17) is 5.11 Å². The number of allylic oxidation sites excluding steroid dienone is 2. The van der Waals surface area contributed by atoms with Gasteiger partial charge in [0.25, 0.3) is 0 Å². The van der Waals surface area contributed by atoms with Gasteiger partial charge in [0.2, 0.25) is 0 Å². The Bertz CT molecular complexity index is 469. The summed E-state index contributed by atoms with van der Waals surface area (Å²) in [7, 11) is 0. The topological polar surface area (TPSA) is 94.8 Å². The van der Waals surface area contributed by atoms with Gasteiger partial charge in [0.05, 0.1) is 12.2 Å². The molecule has 0 spiro atoms. The van der Waals surface area contributed by atoms with E-state index in [1.54, 1.807) is 12.2 Å². The van der Waals surface area contributed by atoms with Gasteiger partial charge >= 0.3 is 5.97 Å². The molecule has 0 aromatic carbocycles. The molecule has 0 amide bonds. The summed E-state index contributed by atoms with van der Waals surface area (Å²) in [5.74, 6) is -1.58. The number of carbonyl (C=O) groups excluding carboxylic acids is 1. The first-order chi connectivity index (χ1) is 12.0. The Labute approximate surface area is 150 Å². The first-order valence-electron chi connectivity index (χ1n) is 9.39. The van der Waals surface area contributed by atoms with Crippen LogP contribution in [0.3, 0.4) is 0 Å². The molecular formula is C20H32O5. The lowest BCUT2D eigenvalue weighted by atomic mass is 9.88. The highest BCUT2D eigenvalue weighted by Crippen LogP contribution is 2.34. The van der Waals surface area contributed by atoms with E-state index in [1.807, 2.05) is 6.08 Å². The molecule has 0 saturated heterocycles. The molecule has 0 unspecified atom stereocenters. The maximum Gasteiger partial charge on any atom is 0.303 e. The van der Waals surface area contributed by atoms with Gasteiger partial charge in [-0.05, 0) is 38.0 Å². The van der Waals surface area contributed by atoms with Crippen molar-refractivity contribution in [1.29, 1.82) is 0 Å². The molecule has 1 saturated carbocycles. The number of carboxylic acid groups (broad SMARTS) is 1. The smallest absolute Gasteiger partial charge is 0.303 e. The monoisotopic (exact) mass is 352 g/mol. The summed E-state index contributed by atoms with van der Waals surface area (Å²) in [5, 5.41) is 28.8. The van der Waals surface area contributed by atoms with Gasteiger partial charge in [-0.2, -0.15) is 0 Å². The third kappa shape index (κ3) is 8.45. The van der Waals surface area contributed by atoms with Crippen LogP contribution in [0, 0.1) is 11.8 Å². The molecule has 142 valence electrons. The predicted octanol–water partition coefficient (Wildman–Crippen LogP) is 3.25. The molecule has 0 aromatic heterocycles. The SMILES string of the molecule is CCCCC/C=C\C[C@@H](O)/C=C/[C@@H]1C(=O)C[C@@H](O)[C@H]1CCCC(=O)O. The van der Waals surface area contributed by atoms with E-state index in [-0.39, 0.29) is 24.5 Å². The maximum atomic E-state index is 12.0. The van der Waals surface area contributed by atoms with Crippen LogP contribution in [0.2, 0.25) is 0 Å². The summed E-state index contributed by atoms with van der Waals surface area (Å²) in [6, 6.07) is 0. The van der Waals surface area contributed by atoms with Crippen molar-refractivity contribution in [2.24, 2.45) is 11.8 Å². The fraction of sp³-hybridized carbons (Fsp3) is 0.700. The Morgan fingerprint density at radius 2 is 2.04 bits per heavy atom. The highest BCUT2D eigenvalue weighted by Gasteiger charge is 2.39. The van der Waals surface area contributed by atoms with Crippen LogP contribution in [-0.2, 0) is 9.59 Å². The second kappa shape index (κ2) is 12.0. The van der Waals surface area contributed by atoms with E-state index in [1.165, 1.54) is 12.8 Å². The van der Waals surface area contributed by atoms with Crippen LogP contribution < -0.4 is 0 Å². The standard InChI is InChI=1S/C20H32O5/c1-2-3-4-5-6-7-9-15(21)12-13-17-16(10-8-11-20(24)25)18(22)14-19(17)23/h6-7,12-13,15-18,21-22H,2-5,8-11,14H2,1H3,(H,24,25)/b7-6-,13-12+/t15-,16+,17+,18-/m1/s1. The normalized spacial score (nSPS) is 25.2. The Hall–Kier alpha value is -1.46. The van der Waals surface area contributed by atoms with Crippen molar-refractivity contribution in [3.8, 4) is 0 Å². The van der Waals surface area contributed by atoms with E-state index in [2.05, 4.69) is 13.0 Å². The maximum absolute atomic E-state index is 12.0. The highest BCUT2D eigenvalue weighted by atomic mass is 16.4. The van der Waals surface area contributed by atoms with Crippen LogP contribution >= 0.6 is 0 Å². The molecule has 1 aliphatic carbocycles. The molecule has 3 N–H and O–H groups in total. The summed E-state index contributed by atoms with van der Waals surface area (Å²) >= 11 is 0. The molecule has 25 heavy (non-hydrogen) atoms.